The van der Waals surface area contributed by atoms with Gasteiger partial charge in [-0.05, 0) is 25.7 Å². The van der Waals surface area contributed by atoms with Crippen molar-refractivity contribution in [2.45, 2.75) is 335 Å². The zero-order valence-corrected chi connectivity index (χ0v) is 53.5. The standard InChI is InChI=1S/C62H120O17P2/c1-5-9-13-17-20-23-25-27-28-30-32-34-37-41-45-49-62(67)79-58(53-73-60(65)47-43-39-36-33-31-29-26-24-21-18-14-10-6-2)55-77-81(70,71)75-51-56(63)50-74-80(68,69)76-54-57(52-72-59(64)46-42-38-16-12-8-4)78-61(66)48-44-40-35-22-19-15-11-7-3/h56-58,63H,5-55H2,1-4H3,(H,68,69)(H,70,71)/t56-,57+,58+/m0/s1. The van der Waals surface area contributed by atoms with Crippen molar-refractivity contribution in [2.24, 2.45) is 0 Å². The number of aliphatic hydroxyl groups excluding tert-OH is 1. The van der Waals surface area contributed by atoms with Crippen molar-refractivity contribution in [3.8, 4) is 0 Å². The van der Waals surface area contributed by atoms with E-state index in [1.54, 1.807) is 0 Å². The van der Waals surface area contributed by atoms with E-state index in [4.69, 9.17) is 37.0 Å². The lowest BCUT2D eigenvalue weighted by atomic mass is 10.0. The third kappa shape index (κ3) is 56.9. The first-order valence-corrected chi connectivity index (χ1v) is 35.8. The fourth-order valence-electron chi connectivity index (χ4n) is 9.28. The average molecular weight is 1200 g/mol. The van der Waals surface area contributed by atoms with E-state index in [0.29, 0.717) is 25.7 Å². The molecule has 0 fully saturated rings. The zero-order valence-electron chi connectivity index (χ0n) is 51.7. The Labute approximate surface area is 492 Å². The van der Waals surface area contributed by atoms with Gasteiger partial charge in [-0.25, -0.2) is 9.13 Å². The first-order chi connectivity index (χ1) is 39.2. The summed E-state index contributed by atoms with van der Waals surface area (Å²) < 4.78 is 67.7. The van der Waals surface area contributed by atoms with Crippen LogP contribution in [0.15, 0.2) is 0 Å². The number of hydrogen-bond donors (Lipinski definition) is 3. The molecule has 0 saturated carbocycles. The quantitative estimate of drug-likeness (QED) is 0.0222. The van der Waals surface area contributed by atoms with Crippen molar-refractivity contribution >= 4 is 39.5 Å². The maximum absolute atomic E-state index is 13.0. The summed E-state index contributed by atoms with van der Waals surface area (Å²) in [6.45, 7) is 4.77. The summed E-state index contributed by atoms with van der Waals surface area (Å²) in [5, 5.41) is 10.5. The van der Waals surface area contributed by atoms with E-state index in [2.05, 4.69) is 27.7 Å². The van der Waals surface area contributed by atoms with Crippen LogP contribution in [0.25, 0.3) is 0 Å². The Hall–Kier alpha value is -1.94. The molecule has 0 radical (unpaired) electrons. The number of carbonyl (C=O) groups is 4. The van der Waals surface area contributed by atoms with E-state index in [9.17, 15) is 43.2 Å². The monoisotopic (exact) mass is 1200 g/mol. The Morgan fingerprint density at radius 1 is 0.296 bits per heavy atom. The highest BCUT2D eigenvalue weighted by Gasteiger charge is 2.30. The van der Waals surface area contributed by atoms with Crippen LogP contribution in [0.4, 0.5) is 0 Å². The molecule has 81 heavy (non-hydrogen) atoms. The summed E-state index contributed by atoms with van der Waals surface area (Å²) in [5.74, 6) is -2.15. The maximum Gasteiger partial charge on any atom is 0.472 e. The molecule has 3 N–H and O–H groups in total. The number of aliphatic hydroxyl groups is 1. The number of carbonyl (C=O) groups excluding carboxylic acids is 4. The second kappa shape index (κ2) is 57.2. The molecule has 17 nitrogen and oxygen atoms in total. The van der Waals surface area contributed by atoms with E-state index in [0.717, 1.165) is 103 Å². The van der Waals surface area contributed by atoms with Crippen molar-refractivity contribution in [3.63, 3.8) is 0 Å². The SMILES string of the molecule is CCCCCCCCCCCCCCCCCC(=O)O[C@H](COC(=O)CCCCCCCCCCCCCCC)COP(=O)(O)OC[C@@H](O)COP(=O)(O)OC[C@@H](COC(=O)CCCCCCC)OC(=O)CCCCCCCCCC. The minimum Gasteiger partial charge on any atom is -0.462 e. The van der Waals surface area contributed by atoms with E-state index in [1.807, 2.05) is 0 Å². The molecule has 0 bridgehead atoms. The highest BCUT2D eigenvalue weighted by Crippen LogP contribution is 2.45. The van der Waals surface area contributed by atoms with Gasteiger partial charge in [0.15, 0.2) is 12.2 Å². The molecule has 0 heterocycles. The molecule has 0 rings (SSSR count). The zero-order chi connectivity index (χ0) is 59.8. The molecule has 0 aromatic heterocycles. The molecule has 5 atom stereocenters. The highest BCUT2D eigenvalue weighted by atomic mass is 31.2. The molecular weight excluding hydrogens is 1080 g/mol. The van der Waals surface area contributed by atoms with Gasteiger partial charge in [0, 0.05) is 25.7 Å². The van der Waals surface area contributed by atoms with Crippen LogP contribution in [0.5, 0.6) is 0 Å². The Kier molecular flexibility index (Phi) is 55.8. The molecule has 0 aliphatic rings. The largest absolute Gasteiger partial charge is 0.472 e. The van der Waals surface area contributed by atoms with Crippen LogP contribution in [0.1, 0.15) is 317 Å². The lowest BCUT2D eigenvalue weighted by molar-refractivity contribution is -0.161. The second-order valence-electron chi connectivity index (χ2n) is 22.4. The first kappa shape index (κ1) is 79.1. The van der Waals surface area contributed by atoms with Gasteiger partial charge in [0.05, 0.1) is 26.4 Å². The summed E-state index contributed by atoms with van der Waals surface area (Å²) in [7, 11) is -9.87. The van der Waals surface area contributed by atoms with E-state index in [-0.39, 0.29) is 25.7 Å². The van der Waals surface area contributed by atoms with Crippen molar-refractivity contribution in [2.75, 3.05) is 39.6 Å². The number of phosphoric acid groups is 2. The minimum atomic E-state index is -4.94. The number of unbranched alkanes of at least 4 members (excludes halogenated alkanes) is 37. The fraction of sp³-hybridized carbons (Fsp3) is 0.935. The summed E-state index contributed by atoms with van der Waals surface area (Å²) in [6.07, 6.45) is 42.0. The molecule has 0 amide bonds. The second-order valence-corrected chi connectivity index (χ2v) is 25.4. The maximum atomic E-state index is 13.0. The molecule has 0 aromatic rings. The van der Waals surface area contributed by atoms with Crippen LogP contribution < -0.4 is 0 Å². The molecule has 0 aliphatic carbocycles. The Morgan fingerprint density at radius 2 is 0.494 bits per heavy atom. The summed E-state index contributed by atoms with van der Waals surface area (Å²) in [6, 6.07) is 0. The Morgan fingerprint density at radius 3 is 0.728 bits per heavy atom. The summed E-state index contributed by atoms with van der Waals surface area (Å²) in [4.78, 5) is 71.8. The average Bonchev–Trinajstić information content (AvgIpc) is 3.44. The molecule has 0 aromatic carbocycles. The number of rotatable bonds is 63. The number of phosphoric ester groups is 2. The van der Waals surface area contributed by atoms with Gasteiger partial charge in [0.25, 0.3) is 0 Å². The minimum absolute atomic E-state index is 0.104. The summed E-state index contributed by atoms with van der Waals surface area (Å²) >= 11 is 0. The van der Waals surface area contributed by atoms with Gasteiger partial charge in [-0.15, -0.1) is 0 Å². The Bertz CT molecular complexity index is 1570. The van der Waals surface area contributed by atoms with Gasteiger partial charge in [-0.3, -0.25) is 37.3 Å². The predicted molar refractivity (Wildman–Crippen MR) is 322 cm³/mol. The molecule has 480 valence electrons. The van der Waals surface area contributed by atoms with Crippen LogP contribution in [-0.2, 0) is 65.4 Å². The van der Waals surface area contributed by atoms with Crippen molar-refractivity contribution < 1.29 is 80.2 Å². The molecule has 0 aliphatic heterocycles. The summed E-state index contributed by atoms with van der Waals surface area (Å²) in [5.41, 5.74) is 0. The Balaban J connectivity index is 5.16. The predicted octanol–water partition coefficient (Wildman–Crippen LogP) is 17.2. The first-order valence-electron chi connectivity index (χ1n) is 32.8. The van der Waals surface area contributed by atoms with E-state index in [1.165, 1.54) is 135 Å². The third-order valence-electron chi connectivity index (χ3n) is 14.4. The van der Waals surface area contributed by atoms with Crippen LogP contribution >= 0.6 is 15.6 Å². The van der Waals surface area contributed by atoms with Gasteiger partial charge in [0.1, 0.15) is 19.3 Å². The lowest BCUT2D eigenvalue weighted by Gasteiger charge is -2.21. The lowest BCUT2D eigenvalue weighted by Crippen LogP contribution is -2.30. The number of ether oxygens (including phenoxy) is 4. The molecule has 2 unspecified atom stereocenters. The van der Waals surface area contributed by atoms with Crippen LogP contribution in [0.2, 0.25) is 0 Å². The van der Waals surface area contributed by atoms with Gasteiger partial charge in [-0.2, -0.15) is 0 Å². The van der Waals surface area contributed by atoms with Gasteiger partial charge < -0.3 is 33.8 Å². The third-order valence-corrected chi connectivity index (χ3v) is 16.3. The topological polar surface area (TPSA) is 237 Å². The van der Waals surface area contributed by atoms with Gasteiger partial charge >= 0.3 is 39.5 Å². The number of esters is 4. The van der Waals surface area contributed by atoms with E-state index >= 15 is 0 Å². The van der Waals surface area contributed by atoms with Crippen LogP contribution in [0, 0.1) is 0 Å². The van der Waals surface area contributed by atoms with Crippen molar-refractivity contribution in [1.29, 1.82) is 0 Å². The smallest absolute Gasteiger partial charge is 0.462 e. The normalized spacial score (nSPS) is 14.2. The fourth-order valence-corrected chi connectivity index (χ4v) is 10.9. The molecule has 19 heteroatoms. The van der Waals surface area contributed by atoms with E-state index < -0.39 is 97.5 Å². The van der Waals surface area contributed by atoms with Gasteiger partial charge in [0.2, 0.25) is 0 Å². The van der Waals surface area contributed by atoms with Crippen LogP contribution in [-0.4, -0.2) is 96.7 Å². The van der Waals surface area contributed by atoms with Crippen LogP contribution in [0.3, 0.4) is 0 Å². The highest BCUT2D eigenvalue weighted by molar-refractivity contribution is 7.47. The number of hydrogen-bond acceptors (Lipinski definition) is 15. The molecular formula is C62H120O17P2. The van der Waals surface area contributed by atoms with Crippen molar-refractivity contribution in [3.05, 3.63) is 0 Å². The molecule has 0 spiro atoms. The molecule has 0 saturated heterocycles. The van der Waals surface area contributed by atoms with Gasteiger partial charge in [-0.1, -0.05) is 265 Å². The van der Waals surface area contributed by atoms with Crippen molar-refractivity contribution in [1.82, 2.24) is 0 Å².